The van der Waals surface area contributed by atoms with Gasteiger partial charge in [0.2, 0.25) is 0 Å². The Bertz CT molecular complexity index is 605. The second kappa shape index (κ2) is 5.89. The first-order valence-corrected chi connectivity index (χ1v) is 6.40. The molecule has 2 nitrogen and oxygen atoms in total. The summed E-state index contributed by atoms with van der Waals surface area (Å²) in [7, 11) is 1.39. The van der Waals surface area contributed by atoms with Crippen molar-refractivity contribution in [1.29, 1.82) is 0 Å². The van der Waals surface area contributed by atoms with Crippen molar-refractivity contribution in [1.82, 2.24) is 0 Å². The minimum Gasteiger partial charge on any atom is -0.469 e. The summed E-state index contributed by atoms with van der Waals surface area (Å²) in [4.78, 5) is 11.3. The molecule has 3 heteroatoms. The third kappa shape index (κ3) is 3.36. The molecule has 0 unspecified atom stereocenters. The fourth-order valence-corrected chi connectivity index (χ4v) is 2.05. The minimum absolute atomic E-state index is 0.237. The number of carbonyl (C=O) groups excluding carboxylic acids is 1. The zero-order valence-corrected chi connectivity index (χ0v) is 11.7. The summed E-state index contributed by atoms with van der Waals surface area (Å²) in [6.45, 7) is 1.97. The van der Waals surface area contributed by atoms with E-state index in [1.807, 2.05) is 49.4 Å². The monoisotopic (exact) mass is 274 g/mol. The van der Waals surface area contributed by atoms with Gasteiger partial charge in [0.15, 0.2) is 0 Å². The van der Waals surface area contributed by atoms with Gasteiger partial charge in [0, 0.05) is 5.02 Å². The number of esters is 1. The number of methoxy groups -OCH3 is 1. The maximum absolute atomic E-state index is 11.3. The Hall–Kier alpha value is -1.80. The number of carbonyl (C=O) groups is 1. The van der Waals surface area contributed by atoms with E-state index in [0.29, 0.717) is 0 Å². The molecule has 0 fully saturated rings. The maximum atomic E-state index is 11.3. The number of halogens is 1. The maximum Gasteiger partial charge on any atom is 0.309 e. The molecule has 2 rings (SSSR count). The van der Waals surface area contributed by atoms with Crippen molar-refractivity contribution in [2.75, 3.05) is 7.11 Å². The number of ether oxygens (including phenoxy) is 1. The van der Waals surface area contributed by atoms with E-state index in [2.05, 4.69) is 4.74 Å². The summed E-state index contributed by atoms with van der Waals surface area (Å²) in [6, 6.07) is 13.8. The molecule has 0 heterocycles. The lowest BCUT2D eigenvalue weighted by atomic mass is 10.0. The summed E-state index contributed by atoms with van der Waals surface area (Å²) in [5.41, 5.74) is 4.07. The number of hydrogen-bond acceptors (Lipinski definition) is 2. The molecule has 0 N–H and O–H groups in total. The summed E-state index contributed by atoms with van der Waals surface area (Å²) >= 11 is 6.14. The van der Waals surface area contributed by atoms with Gasteiger partial charge < -0.3 is 4.74 Å². The predicted molar refractivity (Wildman–Crippen MR) is 77.3 cm³/mol. The van der Waals surface area contributed by atoms with Gasteiger partial charge >= 0.3 is 5.97 Å². The van der Waals surface area contributed by atoms with Crippen LogP contribution in [0.2, 0.25) is 5.02 Å². The number of hydrogen-bond donors (Lipinski definition) is 0. The predicted octanol–water partition coefficient (Wildman–Crippen LogP) is 4.03. The van der Waals surface area contributed by atoms with Crippen molar-refractivity contribution in [2.24, 2.45) is 0 Å². The van der Waals surface area contributed by atoms with Gasteiger partial charge in [-0.1, -0.05) is 48.0 Å². The molecule has 0 aromatic heterocycles. The van der Waals surface area contributed by atoms with E-state index in [0.717, 1.165) is 27.3 Å². The van der Waals surface area contributed by atoms with Gasteiger partial charge in [-0.05, 0) is 35.2 Å². The fraction of sp³-hybridized carbons (Fsp3) is 0.188. The smallest absolute Gasteiger partial charge is 0.309 e. The van der Waals surface area contributed by atoms with Crippen LogP contribution in [0.25, 0.3) is 11.1 Å². The molecule has 19 heavy (non-hydrogen) atoms. The van der Waals surface area contributed by atoms with E-state index >= 15 is 0 Å². The zero-order valence-electron chi connectivity index (χ0n) is 10.9. The molecule has 0 atom stereocenters. The fourth-order valence-electron chi connectivity index (χ4n) is 1.87. The second-order valence-electron chi connectivity index (χ2n) is 4.42. The topological polar surface area (TPSA) is 26.3 Å². The van der Waals surface area contributed by atoms with Gasteiger partial charge in [-0.2, -0.15) is 0 Å². The highest BCUT2D eigenvalue weighted by atomic mass is 35.5. The molecule has 2 aromatic carbocycles. The second-order valence-corrected chi connectivity index (χ2v) is 4.82. The van der Waals surface area contributed by atoms with Crippen LogP contribution in [0.15, 0.2) is 42.5 Å². The molecular formula is C16H15ClO2. The van der Waals surface area contributed by atoms with Crippen molar-refractivity contribution in [3.8, 4) is 11.1 Å². The number of rotatable bonds is 3. The van der Waals surface area contributed by atoms with Crippen LogP contribution < -0.4 is 0 Å². The van der Waals surface area contributed by atoms with Crippen molar-refractivity contribution in [3.05, 3.63) is 58.6 Å². The first-order chi connectivity index (χ1) is 9.10. The van der Waals surface area contributed by atoms with E-state index < -0.39 is 0 Å². The molecule has 0 bridgehead atoms. The Balaban J connectivity index is 2.32. The van der Waals surface area contributed by atoms with E-state index in [4.69, 9.17) is 11.6 Å². The Morgan fingerprint density at radius 3 is 2.58 bits per heavy atom. The van der Waals surface area contributed by atoms with Crippen LogP contribution >= 0.6 is 11.6 Å². The first-order valence-electron chi connectivity index (χ1n) is 6.02. The van der Waals surface area contributed by atoms with Crippen LogP contribution in [0.5, 0.6) is 0 Å². The molecule has 2 aromatic rings. The number of aryl methyl sites for hydroxylation is 1. The van der Waals surface area contributed by atoms with Gasteiger partial charge in [-0.15, -0.1) is 0 Å². The SMILES string of the molecule is COC(=O)Cc1cccc(-c2ccc(C)c(Cl)c2)c1. The van der Waals surface area contributed by atoms with Gasteiger partial charge in [0.1, 0.15) is 0 Å². The lowest BCUT2D eigenvalue weighted by Crippen LogP contribution is -2.04. The van der Waals surface area contributed by atoms with Crippen LogP contribution in [0.4, 0.5) is 0 Å². The zero-order chi connectivity index (χ0) is 13.8. The van der Waals surface area contributed by atoms with Gasteiger partial charge in [0.05, 0.1) is 13.5 Å². The molecule has 0 saturated carbocycles. The molecular weight excluding hydrogens is 260 g/mol. The van der Waals surface area contributed by atoms with E-state index in [-0.39, 0.29) is 12.4 Å². The highest BCUT2D eigenvalue weighted by molar-refractivity contribution is 6.31. The standard InChI is InChI=1S/C16H15ClO2/c1-11-6-7-14(10-15(11)17)13-5-3-4-12(8-13)9-16(18)19-2/h3-8,10H,9H2,1-2H3. The van der Waals surface area contributed by atoms with Crippen LogP contribution in [0.3, 0.4) is 0 Å². The van der Waals surface area contributed by atoms with E-state index in [9.17, 15) is 4.79 Å². The van der Waals surface area contributed by atoms with Crippen LogP contribution in [-0.2, 0) is 16.0 Å². The highest BCUT2D eigenvalue weighted by Gasteiger charge is 2.05. The van der Waals surface area contributed by atoms with Crippen molar-refractivity contribution in [3.63, 3.8) is 0 Å². The summed E-state index contributed by atoms with van der Waals surface area (Å²) in [5, 5.41) is 0.746. The lowest BCUT2D eigenvalue weighted by Gasteiger charge is -2.07. The molecule has 0 radical (unpaired) electrons. The van der Waals surface area contributed by atoms with Crippen molar-refractivity contribution < 1.29 is 9.53 Å². The van der Waals surface area contributed by atoms with Crippen LogP contribution in [-0.4, -0.2) is 13.1 Å². The summed E-state index contributed by atoms with van der Waals surface area (Å²) in [5.74, 6) is -0.237. The van der Waals surface area contributed by atoms with E-state index in [1.165, 1.54) is 7.11 Å². The average Bonchev–Trinajstić information content (AvgIpc) is 2.42. The minimum atomic E-state index is -0.237. The third-order valence-electron chi connectivity index (χ3n) is 3.01. The molecule has 0 aliphatic heterocycles. The number of benzene rings is 2. The molecule has 0 aliphatic carbocycles. The normalized spacial score (nSPS) is 10.3. The Labute approximate surface area is 118 Å². The molecule has 0 saturated heterocycles. The molecule has 98 valence electrons. The van der Waals surface area contributed by atoms with E-state index in [1.54, 1.807) is 0 Å². The van der Waals surface area contributed by atoms with Crippen LogP contribution in [0, 0.1) is 6.92 Å². The lowest BCUT2D eigenvalue weighted by molar-refractivity contribution is -0.139. The summed E-state index contributed by atoms with van der Waals surface area (Å²) < 4.78 is 4.67. The van der Waals surface area contributed by atoms with Gasteiger partial charge in [-0.3, -0.25) is 4.79 Å². The molecule has 0 aliphatic rings. The highest BCUT2D eigenvalue weighted by Crippen LogP contribution is 2.26. The van der Waals surface area contributed by atoms with Gasteiger partial charge in [-0.25, -0.2) is 0 Å². The molecule has 0 spiro atoms. The van der Waals surface area contributed by atoms with Crippen LogP contribution in [0.1, 0.15) is 11.1 Å². The summed E-state index contributed by atoms with van der Waals surface area (Å²) in [6.07, 6.45) is 0.282. The van der Waals surface area contributed by atoms with Crippen molar-refractivity contribution >= 4 is 17.6 Å². The Morgan fingerprint density at radius 1 is 1.16 bits per heavy atom. The first kappa shape index (κ1) is 13.6. The van der Waals surface area contributed by atoms with Gasteiger partial charge in [0.25, 0.3) is 0 Å². The Morgan fingerprint density at radius 2 is 1.89 bits per heavy atom. The molecule has 0 amide bonds. The van der Waals surface area contributed by atoms with Crippen molar-refractivity contribution in [2.45, 2.75) is 13.3 Å². The Kier molecular flexibility index (Phi) is 4.23. The largest absolute Gasteiger partial charge is 0.469 e. The average molecular weight is 275 g/mol. The quantitative estimate of drug-likeness (QED) is 0.790. The third-order valence-corrected chi connectivity index (χ3v) is 3.42.